The van der Waals surface area contributed by atoms with Gasteiger partial charge in [-0.1, -0.05) is 51.0 Å². The summed E-state index contributed by atoms with van der Waals surface area (Å²) in [6.45, 7) is 15.5. The molecular formula is C44H69ClN4O6. The highest BCUT2D eigenvalue weighted by molar-refractivity contribution is 6.67. The minimum absolute atomic E-state index is 0.0133. The van der Waals surface area contributed by atoms with Crippen molar-refractivity contribution in [3.63, 3.8) is 0 Å². The number of ether oxygens (including phenoxy) is 2. The molecule has 0 saturated heterocycles. The SMILES string of the molecule is CC(C)(C)OC(=O)NC1CCC(N)CC1.CCCCc1ccc(C(=O)Cl)cc1.CCCCc1ccc(C(=O)NC2CCC(NC(=O)OC(C)(C)C)CC2)cc1. The Labute approximate surface area is 335 Å². The predicted octanol–water partition coefficient (Wildman–Crippen LogP) is 9.78. The van der Waals surface area contributed by atoms with Gasteiger partial charge in [-0.05, 0) is 166 Å². The summed E-state index contributed by atoms with van der Waals surface area (Å²) in [5.74, 6) is -0.0133. The van der Waals surface area contributed by atoms with Crippen LogP contribution in [0.15, 0.2) is 48.5 Å². The Balaban J connectivity index is 0.000000314. The third-order valence-electron chi connectivity index (χ3n) is 9.31. The number of carbonyl (C=O) groups is 4. The highest BCUT2D eigenvalue weighted by atomic mass is 35.5. The van der Waals surface area contributed by atoms with Gasteiger partial charge in [0.25, 0.3) is 11.1 Å². The molecule has 0 radical (unpaired) electrons. The third kappa shape index (κ3) is 21.3. The first-order valence-electron chi connectivity index (χ1n) is 20.3. The molecule has 2 saturated carbocycles. The number of halogens is 1. The number of amides is 3. The lowest BCUT2D eigenvalue weighted by Crippen LogP contribution is -2.45. The Bertz CT molecular complexity index is 1440. The van der Waals surface area contributed by atoms with E-state index in [0.717, 1.165) is 64.2 Å². The molecule has 2 aromatic rings. The molecule has 0 heterocycles. The van der Waals surface area contributed by atoms with Gasteiger partial charge in [-0.2, -0.15) is 0 Å². The van der Waals surface area contributed by atoms with Crippen LogP contribution < -0.4 is 21.7 Å². The Morgan fingerprint density at radius 1 is 0.600 bits per heavy atom. The zero-order chi connectivity index (χ0) is 41.0. The van der Waals surface area contributed by atoms with Crippen molar-refractivity contribution in [3.8, 4) is 0 Å². The lowest BCUT2D eigenvalue weighted by molar-refractivity contribution is 0.0478. The number of alkyl carbamates (subject to hydrolysis) is 2. The third-order valence-corrected chi connectivity index (χ3v) is 9.53. The Kier molecular flexibility index (Phi) is 20.8. The van der Waals surface area contributed by atoms with E-state index in [0.29, 0.717) is 17.2 Å². The number of rotatable bonds is 11. The normalized spacial score (nSPS) is 19.6. The van der Waals surface area contributed by atoms with Crippen LogP contribution >= 0.6 is 11.6 Å². The second-order valence-electron chi connectivity index (χ2n) is 16.8. The number of benzene rings is 2. The molecule has 2 aromatic carbocycles. The van der Waals surface area contributed by atoms with E-state index in [1.807, 2.05) is 77.9 Å². The molecule has 0 spiro atoms. The molecule has 0 aromatic heterocycles. The molecule has 11 heteroatoms. The smallest absolute Gasteiger partial charge is 0.407 e. The number of hydrogen-bond acceptors (Lipinski definition) is 7. The first-order valence-corrected chi connectivity index (χ1v) is 20.7. The molecular weight excluding hydrogens is 716 g/mol. The van der Waals surface area contributed by atoms with Crippen LogP contribution in [0.1, 0.15) is 164 Å². The van der Waals surface area contributed by atoms with Crippen LogP contribution in [-0.2, 0) is 22.3 Å². The quantitative estimate of drug-likeness (QED) is 0.166. The van der Waals surface area contributed by atoms with Crippen LogP contribution in [0.5, 0.6) is 0 Å². The van der Waals surface area contributed by atoms with E-state index in [9.17, 15) is 19.2 Å². The number of aryl methyl sites for hydroxylation is 2. The molecule has 2 aliphatic carbocycles. The van der Waals surface area contributed by atoms with Crippen LogP contribution in [0.25, 0.3) is 0 Å². The number of nitrogens with one attached hydrogen (secondary N) is 3. The maximum atomic E-state index is 12.5. The van der Waals surface area contributed by atoms with E-state index in [4.69, 9.17) is 26.8 Å². The van der Waals surface area contributed by atoms with Gasteiger partial charge in [0.15, 0.2) is 0 Å². The molecule has 308 valence electrons. The van der Waals surface area contributed by atoms with Gasteiger partial charge >= 0.3 is 12.2 Å². The summed E-state index contributed by atoms with van der Waals surface area (Å²) in [6.07, 6.45) is 13.5. The minimum Gasteiger partial charge on any atom is -0.444 e. The van der Waals surface area contributed by atoms with Gasteiger partial charge in [-0.15, -0.1) is 0 Å². The van der Waals surface area contributed by atoms with Crippen LogP contribution in [0.2, 0.25) is 0 Å². The predicted molar refractivity (Wildman–Crippen MR) is 223 cm³/mol. The summed E-state index contributed by atoms with van der Waals surface area (Å²) in [5.41, 5.74) is 8.71. The van der Waals surface area contributed by atoms with Gasteiger partial charge in [0.2, 0.25) is 0 Å². The zero-order valence-electron chi connectivity index (χ0n) is 34.7. The number of hydrogen-bond donors (Lipinski definition) is 4. The monoisotopic (exact) mass is 784 g/mol. The highest BCUT2D eigenvalue weighted by Crippen LogP contribution is 2.21. The van der Waals surface area contributed by atoms with Gasteiger partial charge in [0, 0.05) is 35.3 Å². The maximum Gasteiger partial charge on any atom is 0.407 e. The molecule has 0 aliphatic heterocycles. The van der Waals surface area contributed by atoms with E-state index in [1.54, 1.807) is 12.1 Å². The number of carbonyl (C=O) groups excluding carboxylic acids is 4. The lowest BCUT2D eigenvalue weighted by atomic mass is 9.91. The van der Waals surface area contributed by atoms with Crippen LogP contribution in [0.3, 0.4) is 0 Å². The van der Waals surface area contributed by atoms with Crippen molar-refractivity contribution in [2.24, 2.45) is 5.73 Å². The number of unbranched alkanes of at least 4 members (excludes halogenated alkanes) is 2. The van der Waals surface area contributed by atoms with Crippen molar-refractivity contribution in [3.05, 3.63) is 70.8 Å². The topological polar surface area (TPSA) is 149 Å². The van der Waals surface area contributed by atoms with E-state index in [2.05, 4.69) is 29.8 Å². The first kappa shape index (κ1) is 47.5. The standard InChI is InChI=1S/C22H34N2O3.C11H13ClO.C11H22N2O2/c1-5-6-7-16-8-10-17(11-9-16)20(25)23-18-12-14-19(15-13-18)24-21(26)27-22(2,3)4;1-2-3-4-9-5-7-10(8-6-9)11(12)13;1-11(2,3)15-10(14)13-9-6-4-8(12)5-7-9/h8-11,18-19H,5-7,12-15H2,1-4H3,(H,23,25)(H,24,26);5-8H,2-4H2,1H3;8-9H,4-7,12H2,1-3H3,(H,13,14). The number of nitrogens with two attached hydrogens (primary N) is 1. The molecule has 0 atom stereocenters. The second kappa shape index (κ2) is 24.1. The average molecular weight is 786 g/mol. The first-order chi connectivity index (χ1) is 25.9. The Morgan fingerprint density at radius 2 is 0.945 bits per heavy atom. The summed E-state index contributed by atoms with van der Waals surface area (Å²) in [7, 11) is 0. The molecule has 3 amide bonds. The minimum atomic E-state index is -0.485. The lowest BCUT2D eigenvalue weighted by Gasteiger charge is -2.30. The van der Waals surface area contributed by atoms with Gasteiger partial charge in [-0.3, -0.25) is 9.59 Å². The Morgan fingerprint density at radius 3 is 1.29 bits per heavy atom. The summed E-state index contributed by atoms with van der Waals surface area (Å²) < 4.78 is 10.5. The molecule has 2 fully saturated rings. The summed E-state index contributed by atoms with van der Waals surface area (Å²) >= 11 is 5.32. The van der Waals surface area contributed by atoms with Crippen molar-refractivity contribution in [1.82, 2.24) is 16.0 Å². The summed E-state index contributed by atoms with van der Waals surface area (Å²) in [6, 6.07) is 16.2. The zero-order valence-corrected chi connectivity index (χ0v) is 35.5. The molecule has 0 unspecified atom stereocenters. The van der Waals surface area contributed by atoms with Crippen LogP contribution in [-0.4, -0.2) is 58.7 Å². The fourth-order valence-corrected chi connectivity index (χ4v) is 6.38. The van der Waals surface area contributed by atoms with Gasteiger partial charge in [0.05, 0.1) is 0 Å². The highest BCUT2D eigenvalue weighted by Gasteiger charge is 2.26. The molecule has 2 aliphatic rings. The second-order valence-corrected chi connectivity index (χ2v) is 17.1. The van der Waals surface area contributed by atoms with Gasteiger partial charge < -0.3 is 31.2 Å². The fourth-order valence-electron chi connectivity index (χ4n) is 6.25. The average Bonchev–Trinajstić information content (AvgIpc) is 3.11. The summed E-state index contributed by atoms with van der Waals surface area (Å²) in [4.78, 5) is 46.5. The van der Waals surface area contributed by atoms with Crippen molar-refractivity contribution < 1.29 is 28.7 Å². The Hall–Kier alpha value is -3.63. The van der Waals surface area contributed by atoms with Gasteiger partial charge in [-0.25, -0.2) is 9.59 Å². The van der Waals surface area contributed by atoms with E-state index in [-0.39, 0.29) is 41.5 Å². The maximum absolute atomic E-state index is 12.5. The largest absolute Gasteiger partial charge is 0.444 e. The van der Waals surface area contributed by atoms with E-state index >= 15 is 0 Å². The van der Waals surface area contributed by atoms with Gasteiger partial charge in [0.1, 0.15) is 11.2 Å². The van der Waals surface area contributed by atoms with Crippen LogP contribution in [0.4, 0.5) is 9.59 Å². The molecule has 5 N–H and O–H groups in total. The van der Waals surface area contributed by atoms with E-state index in [1.165, 1.54) is 36.8 Å². The summed E-state index contributed by atoms with van der Waals surface area (Å²) in [5, 5.41) is 8.55. The molecule has 4 rings (SSSR count). The van der Waals surface area contributed by atoms with E-state index < -0.39 is 11.2 Å². The van der Waals surface area contributed by atoms with Crippen molar-refractivity contribution in [2.45, 2.75) is 181 Å². The molecule has 0 bridgehead atoms. The van der Waals surface area contributed by atoms with Crippen molar-refractivity contribution >= 4 is 34.9 Å². The van der Waals surface area contributed by atoms with Crippen molar-refractivity contribution in [2.75, 3.05) is 0 Å². The molecule has 10 nitrogen and oxygen atoms in total. The fraction of sp³-hybridized carbons (Fsp3) is 0.636. The molecule has 55 heavy (non-hydrogen) atoms. The van der Waals surface area contributed by atoms with Crippen LogP contribution in [0, 0.1) is 0 Å². The van der Waals surface area contributed by atoms with Crippen molar-refractivity contribution in [1.29, 1.82) is 0 Å².